The van der Waals surface area contributed by atoms with Gasteiger partial charge in [-0.1, -0.05) is 30.3 Å². The van der Waals surface area contributed by atoms with Gasteiger partial charge in [0.2, 0.25) is 5.88 Å². The maximum atomic E-state index is 5.71. The van der Waals surface area contributed by atoms with E-state index in [1.165, 1.54) is 11.9 Å². The molecule has 0 aliphatic heterocycles. The van der Waals surface area contributed by atoms with Crippen LogP contribution in [0.3, 0.4) is 0 Å². The standard InChI is InChI=1S/C26H24N6O3S/c1-4-35-22-15-8-12-18(28-22)25-30-24-26(32(25)23-19(33-2)13-9-14-20(23)34-3)29-21(16-27-24)31-36-17-10-6-5-7-11-17/h5-16H,4H2,1-3H3,(H,29,31). The van der Waals surface area contributed by atoms with Crippen LogP contribution in [0.4, 0.5) is 5.82 Å². The van der Waals surface area contributed by atoms with E-state index in [1.54, 1.807) is 20.4 Å². The summed E-state index contributed by atoms with van der Waals surface area (Å²) in [5.74, 6) is 2.80. The second kappa shape index (κ2) is 10.5. The van der Waals surface area contributed by atoms with Crippen LogP contribution < -0.4 is 18.9 Å². The van der Waals surface area contributed by atoms with E-state index in [-0.39, 0.29) is 0 Å². The molecule has 0 saturated carbocycles. The number of ether oxygens (including phenoxy) is 3. The number of benzene rings is 2. The Balaban J connectivity index is 1.70. The highest BCUT2D eigenvalue weighted by molar-refractivity contribution is 8.00. The second-order valence-corrected chi connectivity index (χ2v) is 8.38. The molecular formula is C26H24N6O3S. The van der Waals surface area contributed by atoms with Gasteiger partial charge in [0.1, 0.15) is 22.9 Å². The number of nitrogens with zero attached hydrogens (tertiary/aromatic N) is 5. The van der Waals surface area contributed by atoms with Gasteiger partial charge in [0.25, 0.3) is 0 Å². The van der Waals surface area contributed by atoms with Crippen LogP contribution in [0.25, 0.3) is 28.5 Å². The number of hydrogen-bond acceptors (Lipinski definition) is 9. The maximum absolute atomic E-state index is 5.71. The van der Waals surface area contributed by atoms with Crippen LogP contribution >= 0.6 is 11.9 Å². The first-order valence-corrected chi connectivity index (χ1v) is 12.1. The van der Waals surface area contributed by atoms with Crippen LogP contribution in [0.15, 0.2) is 77.8 Å². The van der Waals surface area contributed by atoms with Crippen molar-refractivity contribution in [1.82, 2.24) is 24.5 Å². The highest BCUT2D eigenvalue weighted by Gasteiger charge is 2.24. The van der Waals surface area contributed by atoms with Crippen LogP contribution in [0.1, 0.15) is 6.92 Å². The monoisotopic (exact) mass is 500 g/mol. The third-order valence-electron chi connectivity index (χ3n) is 5.26. The summed E-state index contributed by atoms with van der Waals surface area (Å²) in [6.07, 6.45) is 1.66. The first-order chi connectivity index (χ1) is 17.7. The number of anilines is 1. The minimum absolute atomic E-state index is 0.455. The predicted molar refractivity (Wildman–Crippen MR) is 140 cm³/mol. The molecule has 0 bridgehead atoms. The molecule has 9 nitrogen and oxygen atoms in total. The largest absolute Gasteiger partial charge is 0.494 e. The van der Waals surface area contributed by atoms with Crippen molar-refractivity contribution in [3.8, 4) is 34.6 Å². The van der Waals surface area contributed by atoms with Gasteiger partial charge in [-0.3, -0.25) is 4.57 Å². The molecule has 0 spiro atoms. The lowest BCUT2D eigenvalue weighted by Gasteiger charge is -2.16. The number of nitrogens with one attached hydrogen (secondary N) is 1. The van der Waals surface area contributed by atoms with Crippen LogP contribution in [0, 0.1) is 0 Å². The lowest BCUT2D eigenvalue weighted by Crippen LogP contribution is -2.06. The second-order valence-electron chi connectivity index (χ2n) is 7.50. The van der Waals surface area contributed by atoms with Crippen molar-refractivity contribution in [3.63, 3.8) is 0 Å². The first kappa shape index (κ1) is 23.4. The minimum Gasteiger partial charge on any atom is -0.494 e. The fraction of sp³-hybridized carbons (Fsp3) is 0.154. The lowest BCUT2D eigenvalue weighted by atomic mass is 10.2. The molecule has 10 heteroatoms. The van der Waals surface area contributed by atoms with Crippen LogP contribution in [0.2, 0.25) is 0 Å². The number of para-hydroxylation sites is 1. The summed E-state index contributed by atoms with van der Waals surface area (Å²) >= 11 is 1.45. The average molecular weight is 501 g/mol. The molecule has 5 aromatic rings. The van der Waals surface area contributed by atoms with Gasteiger partial charge in [0, 0.05) is 11.0 Å². The summed E-state index contributed by atoms with van der Waals surface area (Å²) in [6, 6.07) is 21.1. The number of methoxy groups -OCH3 is 2. The number of hydrogen-bond donors (Lipinski definition) is 1. The normalized spacial score (nSPS) is 10.9. The molecule has 0 atom stereocenters. The Morgan fingerprint density at radius 1 is 0.861 bits per heavy atom. The Hall–Kier alpha value is -4.31. The Bertz CT molecular complexity index is 1470. The van der Waals surface area contributed by atoms with Crippen molar-refractivity contribution >= 4 is 29.1 Å². The van der Waals surface area contributed by atoms with Gasteiger partial charge >= 0.3 is 0 Å². The van der Waals surface area contributed by atoms with E-state index in [0.717, 1.165) is 4.90 Å². The number of rotatable bonds is 9. The molecule has 0 aliphatic carbocycles. The van der Waals surface area contributed by atoms with Gasteiger partial charge in [-0.2, -0.15) is 0 Å². The van der Waals surface area contributed by atoms with E-state index in [4.69, 9.17) is 24.2 Å². The van der Waals surface area contributed by atoms with Gasteiger partial charge in [0.05, 0.1) is 27.0 Å². The molecule has 1 N–H and O–H groups in total. The SMILES string of the molecule is CCOc1cccc(-c2nc3ncc(NSc4ccccc4)nc3n2-c2c(OC)cccc2OC)n1. The molecule has 0 saturated heterocycles. The smallest absolute Gasteiger partial charge is 0.213 e. The van der Waals surface area contributed by atoms with Gasteiger partial charge in [-0.25, -0.2) is 19.9 Å². The van der Waals surface area contributed by atoms with Gasteiger partial charge in [-0.05, 0) is 49.2 Å². The number of pyridine rings is 1. The van der Waals surface area contributed by atoms with E-state index in [2.05, 4.69) is 14.7 Å². The third-order valence-corrected chi connectivity index (χ3v) is 6.08. The topological polar surface area (TPSA) is 96.2 Å². The molecule has 2 aromatic carbocycles. The zero-order chi connectivity index (χ0) is 24.9. The van der Waals surface area contributed by atoms with Crippen molar-refractivity contribution in [2.45, 2.75) is 11.8 Å². The minimum atomic E-state index is 0.455. The highest BCUT2D eigenvalue weighted by atomic mass is 32.2. The quantitative estimate of drug-likeness (QED) is 0.266. The maximum Gasteiger partial charge on any atom is 0.213 e. The van der Waals surface area contributed by atoms with Gasteiger partial charge in [-0.15, -0.1) is 0 Å². The molecule has 3 aromatic heterocycles. The summed E-state index contributed by atoms with van der Waals surface area (Å²) in [7, 11) is 3.22. The average Bonchev–Trinajstić information content (AvgIpc) is 3.30. The summed E-state index contributed by atoms with van der Waals surface area (Å²) < 4.78 is 22.2. The number of aromatic nitrogens is 5. The zero-order valence-electron chi connectivity index (χ0n) is 20.0. The summed E-state index contributed by atoms with van der Waals surface area (Å²) in [5.41, 5.74) is 2.22. The van der Waals surface area contributed by atoms with E-state index < -0.39 is 0 Å². The Labute approximate surface area is 212 Å². The highest BCUT2D eigenvalue weighted by Crippen LogP contribution is 2.38. The molecule has 0 aliphatic rings. The van der Waals surface area contributed by atoms with Crippen molar-refractivity contribution in [2.75, 3.05) is 25.5 Å². The van der Waals surface area contributed by atoms with Crippen molar-refractivity contribution in [3.05, 3.63) is 72.9 Å². The van der Waals surface area contributed by atoms with Crippen molar-refractivity contribution in [2.24, 2.45) is 0 Å². The van der Waals surface area contributed by atoms with Crippen molar-refractivity contribution < 1.29 is 14.2 Å². The number of imidazole rings is 1. The van der Waals surface area contributed by atoms with Crippen LogP contribution in [0.5, 0.6) is 17.4 Å². The van der Waals surface area contributed by atoms with Crippen LogP contribution in [-0.4, -0.2) is 45.3 Å². The molecular weight excluding hydrogens is 476 g/mol. The molecule has 182 valence electrons. The fourth-order valence-electron chi connectivity index (χ4n) is 3.70. The predicted octanol–water partition coefficient (Wildman–Crippen LogP) is 5.41. The van der Waals surface area contributed by atoms with Crippen LogP contribution in [-0.2, 0) is 0 Å². The summed E-state index contributed by atoms with van der Waals surface area (Å²) in [6.45, 7) is 2.42. The molecule has 36 heavy (non-hydrogen) atoms. The summed E-state index contributed by atoms with van der Waals surface area (Å²) in [4.78, 5) is 20.0. The van der Waals surface area contributed by atoms with E-state index in [9.17, 15) is 0 Å². The number of fused-ring (bicyclic) bond motifs is 1. The molecule has 0 unspecified atom stereocenters. The van der Waals surface area contributed by atoms with Gasteiger partial charge < -0.3 is 18.9 Å². The Kier molecular flexibility index (Phi) is 6.85. The summed E-state index contributed by atoms with van der Waals surface area (Å²) in [5, 5.41) is 0. The molecule has 0 fully saturated rings. The Morgan fingerprint density at radius 2 is 1.61 bits per heavy atom. The zero-order valence-corrected chi connectivity index (χ0v) is 20.8. The molecule has 5 rings (SSSR count). The van der Waals surface area contributed by atoms with E-state index >= 15 is 0 Å². The molecule has 3 heterocycles. The van der Waals surface area contributed by atoms with E-state index in [1.807, 2.05) is 78.2 Å². The first-order valence-electron chi connectivity index (χ1n) is 11.3. The van der Waals surface area contributed by atoms with Crippen molar-refractivity contribution in [1.29, 1.82) is 0 Å². The van der Waals surface area contributed by atoms with Gasteiger partial charge in [0.15, 0.2) is 22.9 Å². The van der Waals surface area contributed by atoms with E-state index in [0.29, 0.717) is 58.3 Å². The molecule has 0 amide bonds. The third kappa shape index (κ3) is 4.63. The molecule has 0 radical (unpaired) electrons. The Morgan fingerprint density at radius 3 is 2.33 bits per heavy atom. The lowest BCUT2D eigenvalue weighted by molar-refractivity contribution is 0.327. The fourth-order valence-corrected chi connectivity index (χ4v) is 4.32.